The lowest BCUT2D eigenvalue weighted by molar-refractivity contribution is -0.137. The zero-order valence-corrected chi connectivity index (χ0v) is 22.4. The quantitative estimate of drug-likeness (QED) is 0.400. The normalized spacial score (nSPS) is 22.9. The molecule has 1 atom stereocenters. The number of aromatic nitrogens is 2. The number of aliphatic hydroxyl groups is 1. The van der Waals surface area contributed by atoms with Crippen LogP contribution in [-0.2, 0) is 16.6 Å². The molecule has 1 aliphatic carbocycles. The van der Waals surface area contributed by atoms with Crippen molar-refractivity contribution in [3.05, 3.63) is 83.7 Å². The molecule has 2 heterocycles. The van der Waals surface area contributed by atoms with Crippen LogP contribution >= 0.6 is 0 Å². The number of hydrogen-bond acceptors (Lipinski definition) is 6. The lowest BCUT2D eigenvalue weighted by Crippen LogP contribution is -2.46. The maximum Gasteiger partial charge on any atom is 0.416 e. The van der Waals surface area contributed by atoms with Gasteiger partial charge in [-0.1, -0.05) is 30.3 Å². The van der Waals surface area contributed by atoms with E-state index in [4.69, 9.17) is 0 Å². The van der Waals surface area contributed by atoms with Crippen LogP contribution < -0.4 is 10.6 Å². The maximum atomic E-state index is 12.9. The standard InChI is InChI=1S/C30H32F3N5O3/c31-30(32,33)23-4-1-3-21(17-23)28(40)36-18-26(39)38-16-11-25(19-38)37-24-9-12-29(41,13-10-24)22-7-5-20(6-8-22)27-34-14-2-15-35-27/h1-8,14-15,17,24-25,37,41H,9-13,16,18-19H2,(H,36,40). The van der Waals surface area contributed by atoms with E-state index in [0.29, 0.717) is 31.8 Å². The highest BCUT2D eigenvalue weighted by atomic mass is 19.4. The molecule has 2 aliphatic rings. The molecule has 3 aromatic rings. The zero-order chi connectivity index (χ0) is 29.0. The van der Waals surface area contributed by atoms with Gasteiger partial charge in [0.25, 0.3) is 5.91 Å². The molecule has 216 valence electrons. The van der Waals surface area contributed by atoms with Crippen molar-refractivity contribution in [3.8, 4) is 11.4 Å². The molecular formula is C30H32F3N5O3. The molecule has 1 saturated heterocycles. The monoisotopic (exact) mass is 567 g/mol. The molecule has 11 heteroatoms. The first-order valence-corrected chi connectivity index (χ1v) is 13.7. The molecule has 41 heavy (non-hydrogen) atoms. The SMILES string of the molecule is O=C(NCC(=O)N1CCC(NC2CCC(O)(c3ccc(-c4ncccn4)cc3)CC2)C1)c1cccc(C(F)(F)F)c1. The van der Waals surface area contributed by atoms with Gasteiger partial charge in [0.05, 0.1) is 17.7 Å². The lowest BCUT2D eigenvalue weighted by atomic mass is 9.77. The van der Waals surface area contributed by atoms with Crippen molar-refractivity contribution in [2.24, 2.45) is 0 Å². The molecule has 1 saturated carbocycles. The van der Waals surface area contributed by atoms with Crippen LogP contribution in [0.15, 0.2) is 67.0 Å². The van der Waals surface area contributed by atoms with Gasteiger partial charge in [0.15, 0.2) is 5.82 Å². The Balaban J connectivity index is 1.06. The highest BCUT2D eigenvalue weighted by Gasteiger charge is 2.36. The molecule has 1 aliphatic heterocycles. The minimum atomic E-state index is -4.55. The van der Waals surface area contributed by atoms with E-state index >= 15 is 0 Å². The van der Waals surface area contributed by atoms with Crippen molar-refractivity contribution < 1.29 is 27.9 Å². The fourth-order valence-corrected chi connectivity index (χ4v) is 5.59. The highest BCUT2D eigenvalue weighted by Crippen LogP contribution is 2.38. The zero-order valence-electron chi connectivity index (χ0n) is 22.4. The van der Waals surface area contributed by atoms with E-state index in [9.17, 15) is 27.9 Å². The number of rotatable bonds is 7. The van der Waals surface area contributed by atoms with E-state index in [-0.39, 0.29) is 30.1 Å². The smallest absolute Gasteiger partial charge is 0.385 e. The number of carbonyl (C=O) groups is 2. The lowest BCUT2D eigenvalue weighted by Gasteiger charge is -2.37. The van der Waals surface area contributed by atoms with Crippen LogP contribution in [0.5, 0.6) is 0 Å². The summed E-state index contributed by atoms with van der Waals surface area (Å²) >= 11 is 0. The third kappa shape index (κ3) is 6.91. The number of carbonyl (C=O) groups excluding carboxylic acids is 2. The summed E-state index contributed by atoms with van der Waals surface area (Å²) in [6.07, 6.45) is 2.41. The number of amides is 2. The summed E-state index contributed by atoms with van der Waals surface area (Å²) in [5.74, 6) is -0.366. The van der Waals surface area contributed by atoms with E-state index in [0.717, 1.165) is 42.5 Å². The highest BCUT2D eigenvalue weighted by molar-refractivity contribution is 5.96. The van der Waals surface area contributed by atoms with Gasteiger partial charge < -0.3 is 20.6 Å². The number of alkyl halides is 3. The molecule has 2 fully saturated rings. The molecule has 5 rings (SSSR count). The predicted octanol–water partition coefficient (Wildman–Crippen LogP) is 3.91. The number of hydrogen-bond donors (Lipinski definition) is 3. The van der Waals surface area contributed by atoms with Gasteiger partial charge in [-0.05, 0) is 61.9 Å². The number of benzene rings is 2. The van der Waals surface area contributed by atoms with Crippen molar-refractivity contribution >= 4 is 11.8 Å². The van der Waals surface area contributed by atoms with Crippen molar-refractivity contribution in [2.45, 2.75) is 56.0 Å². The number of halogens is 3. The van der Waals surface area contributed by atoms with Gasteiger partial charge in [-0.25, -0.2) is 9.97 Å². The third-order valence-corrected chi connectivity index (χ3v) is 7.92. The van der Waals surface area contributed by atoms with Crippen LogP contribution in [0.3, 0.4) is 0 Å². The first-order valence-electron chi connectivity index (χ1n) is 13.7. The molecule has 8 nitrogen and oxygen atoms in total. The molecule has 3 N–H and O–H groups in total. The van der Waals surface area contributed by atoms with Crippen molar-refractivity contribution in [2.75, 3.05) is 19.6 Å². The number of likely N-dealkylation sites (tertiary alicyclic amines) is 1. The Morgan fingerprint density at radius 2 is 1.68 bits per heavy atom. The van der Waals surface area contributed by atoms with Crippen LogP contribution in [0.2, 0.25) is 0 Å². The molecule has 2 amide bonds. The first-order chi connectivity index (χ1) is 19.6. The van der Waals surface area contributed by atoms with E-state index in [1.807, 2.05) is 24.3 Å². The second-order valence-corrected chi connectivity index (χ2v) is 10.7. The van der Waals surface area contributed by atoms with Gasteiger partial charge in [0.2, 0.25) is 5.91 Å². The van der Waals surface area contributed by atoms with Crippen LogP contribution in [0.25, 0.3) is 11.4 Å². The third-order valence-electron chi connectivity index (χ3n) is 7.92. The fraction of sp³-hybridized carbons (Fsp3) is 0.400. The Kier molecular flexibility index (Phi) is 8.37. The Labute approximate surface area is 236 Å². The van der Waals surface area contributed by atoms with E-state index in [1.54, 1.807) is 23.4 Å². The summed E-state index contributed by atoms with van der Waals surface area (Å²) in [7, 11) is 0. The van der Waals surface area contributed by atoms with Crippen LogP contribution in [0.1, 0.15) is 53.6 Å². The van der Waals surface area contributed by atoms with Crippen LogP contribution in [-0.4, -0.2) is 63.5 Å². The molecule has 2 aromatic carbocycles. The average Bonchev–Trinajstić information content (AvgIpc) is 3.46. The largest absolute Gasteiger partial charge is 0.416 e. The van der Waals surface area contributed by atoms with Crippen molar-refractivity contribution in [1.29, 1.82) is 0 Å². The topological polar surface area (TPSA) is 107 Å². The summed E-state index contributed by atoms with van der Waals surface area (Å²) in [6.45, 7) is 0.736. The van der Waals surface area contributed by atoms with Crippen molar-refractivity contribution in [1.82, 2.24) is 25.5 Å². The molecular weight excluding hydrogens is 535 g/mol. The van der Waals surface area contributed by atoms with Gasteiger partial charge in [-0.3, -0.25) is 9.59 Å². The predicted molar refractivity (Wildman–Crippen MR) is 146 cm³/mol. The second-order valence-electron chi connectivity index (χ2n) is 10.7. The molecule has 0 spiro atoms. The minimum Gasteiger partial charge on any atom is -0.385 e. The number of nitrogens with one attached hydrogen (secondary N) is 2. The molecule has 0 bridgehead atoms. The van der Waals surface area contributed by atoms with Gasteiger partial charge >= 0.3 is 6.18 Å². The summed E-state index contributed by atoms with van der Waals surface area (Å²) in [5.41, 5.74) is -0.192. The molecule has 1 unspecified atom stereocenters. The second kappa shape index (κ2) is 12.0. The van der Waals surface area contributed by atoms with Gasteiger partial charge in [-0.2, -0.15) is 13.2 Å². The summed E-state index contributed by atoms with van der Waals surface area (Å²) in [6, 6.07) is 13.9. The molecule has 1 aromatic heterocycles. The molecule has 0 radical (unpaired) electrons. The van der Waals surface area contributed by atoms with Crippen molar-refractivity contribution in [3.63, 3.8) is 0 Å². The van der Waals surface area contributed by atoms with Gasteiger partial charge in [0, 0.05) is 48.7 Å². The average molecular weight is 568 g/mol. The Hall–Kier alpha value is -3.83. The summed E-state index contributed by atoms with van der Waals surface area (Å²) < 4.78 is 38.8. The van der Waals surface area contributed by atoms with Crippen LogP contribution in [0.4, 0.5) is 13.2 Å². The summed E-state index contributed by atoms with van der Waals surface area (Å²) in [4.78, 5) is 35.2. The number of nitrogens with zero attached hydrogens (tertiary/aromatic N) is 3. The Morgan fingerprint density at radius 3 is 2.37 bits per heavy atom. The maximum absolute atomic E-state index is 12.9. The fourth-order valence-electron chi connectivity index (χ4n) is 5.59. The van der Waals surface area contributed by atoms with E-state index in [1.165, 1.54) is 12.1 Å². The van der Waals surface area contributed by atoms with Gasteiger partial charge in [-0.15, -0.1) is 0 Å². The van der Waals surface area contributed by atoms with Crippen LogP contribution in [0, 0.1) is 0 Å². The van der Waals surface area contributed by atoms with E-state index < -0.39 is 23.2 Å². The van der Waals surface area contributed by atoms with E-state index in [2.05, 4.69) is 20.6 Å². The Morgan fingerprint density at radius 1 is 0.976 bits per heavy atom. The van der Waals surface area contributed by atoms with Gasteiger partial charge in [0.1, 0.15) is 0 Å². The Bertz CT molecular complexity index is 1360. The summed E-state index contributed by atoms with van der Waals surface area (Å²) in [5, 5.41) is 17.4. The minimum absolute atomic E-state index is 0.0967. The first kappa shape index (κ1) is 28.7.